The van der Waals surface area contributed by atoms with Crippen LogP contribution >= 0.6 is 0 Å². The van der Waals surface area contributed by atoms with Crippen molar-refractivity contribution in [3.8, 4) is 0 Å². The molecule has 1 rings (SSSR count). The number of hydrogen-bond donors (Lipinski definition) is 5. The first kappa shape index (κ1) is 29.2. The number of nitrogens with one attached hydrogen (secondary N) is 1. The number of carboxylic acids is 2. The van der Waals surface area contributed by atoms with Gasteiger partial charge in [-0.1, -0.05) is 44.2 Å². The molecule has 11 nitrogen and oxygen atoms in total. The predicted molar refractivity (Wildman–Crippen MR) is 123 cm³/mol. The summed E-state index contributed by atoms with van der Waals surface area (Å²) in [7, 11) is -0.175. The monoisotopic (exact) mass is 480 g/mol. The van der Waals surface area contributed by atoms with Crippen LogP contribution in [0.3, 0.4) is 0 Å². The standard InChI is InChI=1S/C22H33BN2O9/c1-14(2)9-17(23(33-3)34-22(13-26,11-18(27)28)12-19(29)30)25-21(32)20(31)16(24)10-15-7-5-4-6-8-15/h4-8,13-14,16-17,20,31H,9-12,24H2,1-3H3,(H,25,32)(H,27,28)(H,29,30)/t16-,17+,20+/m1/s1. The van der Waals surface area contributed by atoms with Gasteiger partial charge in [-0.25, -0.2) is 0 Å². The Morgan fingerprint density at radius 1 is 1.15 bits per heavy atom. The minimum atomic E-state index is -2.22. The van der Waals surface area contributed by atoms with Crippen LogP contribution in [0.4, 0.5) is 0 Å². The molecule has 0 unspecified atom stereocenters. The summed E-state index contributed by atoms with van der Waals surface area (Å²) >= 11 is 0. The summed E-state index contributed by atoms with van der Waals surface area (Å²) in [6.45, 7) is 3.68. The average molecular weight is 480 g/mol. The molecular weight excluding hydrogens is 447 g/mol. The molecule has 1 aromatic carbocycles. The number of nitrogens with two attached hydrogens (primary N) is 1. The first-order valence-electron chi connectivity index (χ1n) is 10.8. The fourth-order valence-corrected chi connectivity index (χ4v) is 3.50. The van der Waals surface area contributed by atoms with Crippen LogP contribution in [0.2, 0.25) is 0 Å². The van der Waals surface area contributed by atoms with Gasteiger partial charge in [-0.3, -0.25) is 14.4 Å². The minimum Gasteiger partial charge on any atom is -0.481 e. The van der Waals surface area contributed by atoms with E-state index in [2.05, 4.69) is 5.32 Å². The second-order valence-electron chi connectivity index (χ2n) is 8.59. The molecule has 34 heavy (non-hydrogen) atoms. The largest absolute Gasteiger partial charge is 0.481 e. The molecule has 188 valence electrons. The third-order valence-electron chi connectivity index (χ3n) is 5.07. The van der Waals surface area contributed by atoms with Crippen molar-refractivity contribution in [2.75, 3.05) is 7.11 Å². The molecule has 0 aliphatic rings. The molecule has 6 N–H and O–H groups in total. The quantitative estimate of drug-likeness (QED) is 0.160. The zero-order chi connectivity index (χ0) is 25.9. The number of hydrogen-bond acceptors (Lipinski definition) is 8. The summed E-state index contributed by atoms with van der Waals surface area (Å²) < 4.78 is 10.9. The zero-order valence-corrected chi connectivity index (χ0v) is 19.5. The van der Waals surface area contributed by atoms with Gasteiger partial charge >= 0.3 is 19.1 Å². The summed E-state index contributed by atoms with van der Waals surface area (Å²) in [5.41, 5.74) is 4.63. The predicted octanol–water partition coefficient (Wildman–Crippen LogP) is 0.0257. The molecule has 0 aliphatic heterocycles. The first-order chi connectivity index (χ1) is 15.9. The lowest BCUT2D eigenvalue weighted by Crippen LogP contribution is -2.58. The van der Waals surface area contributed by atoms with Crippen molar-refractivity contribution in [3.05, 3.63) is 35.9 Å². The lowest BCUT2D eigenvalue weighted by atomic mass is 9.72. The van der Waals surface area contributed by atoms with Crippen LogP contribution < -0.4 is 11.1 Å². The number of carbonyl (C=O) groups excluding carboxylic acids is 2. The topological polar surface area (TPSA) is 185 Å². The van der Waals surface area contributed by atoms with E-state index >= 15 is 0 Å². The van der Waals surface area contributed by atoms with Gasteiger partial charge in [0.2, 0.25) is 5.91 Å². The molecule has 1 aromatic rings. The maximum absolute atomic E-state index is 12.8. The molecule has 0 aliphatic carbocycles. The Balaban J connectivity index is 3.06. The number of benzene rings is 1. The van der Waals surface area contributed by atoms with Crippen LogP contribution in [0.25, 0.3) is 0 Å². The normalized spacial score (nSPS) is 14.2. The second-order valence-corrected chi connectivity index (χ2v) is 8.59. The number of aliphatic hydroxyl groups is 1. The van der Waals surface area contributed by atoms with Crippen molar-refractivity contribution in [1.82, 2.24) is 5.32 Å². The highest BCUT2D eigenvalue weighted by atomic mass is 16.6. The molecule has 0 radical (unpaired) electrons. The summed E-state index contributed by atoms with van der Waals surface area (Å²) in [6, 6.07) is 8.14. The molecule has 0 saturated heterocycles. The molecule has 0 fully saturated rings. The van der Waals surface area contributed by atoms with Crippen LogP contribution in [0, 0.1) is 5.92 Å². The number of aliphatic hydroxyl groups excluding tert-OH is 1. The van der Waals surface area contributed by atoms with Gasteiger partial charge in [-0.2, -0.15) is 0 Å². The van der Waals surface area contributed by atoms with Gasteiger partial charge in [0.1, 0.15) is 11.7 Å². The van der Waals surface area contributed by atoms with E-state index in [-0.39, 0.29) is 25.0 Å². The van der Waals surface area contributed by atoms with Crippen molar-refractivity contribution in [2.45, 2.75) is 63.2 Å². The molecule has 1 amide bonds. The van der Waals surface area contributed by atoms with Gasteiger partial charge in [0, 0.05) is 13.2 Å². The maximum Gasteiger partial charge on any atom is 0.481 e. The molecule has 12 heteroatoms. The number of carbonyl (C=O) groups is 4. The van der Waals surface area contributed by atoms with E-state index in [0.29, 0.717) is 0 Å². The molecular formula is C22H33BN2O9. The van der Waals surface area contributed by atoms with E-state index in [1.807, 2.05) is 32.0 Å². The number of amides is 1. The summed E-state index contributed by atoms with van der Waals surface area (Å²) in [4.78, 5) is 47.1. The number of carboxylic acid groups (broad SMARTS) is 2. The van der Waals surface area contributed by atoms with E-state index in [1.165, 1.54) is 7.11 Å². The van der Waals surface area contributed by atoms with E-state index in [4.69, 9.17) is 15.0 Å². The van der Waals surface area contributed by atoms with Gasteiger partial charge in [0.05, 0.1) is 18.8 Å². The molecule has 3 atom stereocenters. The Morgan fingerprint density at radius 2 is 1.71 bits per heavy atom. The Kier molecular flexibility index (Phi) is 11.9. The number of rotatable bonds is 16. The van der Waals surface area contributed by atoms with Crippen molar-refractivity contribution in [3.63, 3.8) is 0 Å². The number of aldehydes is 1. The average Bonchev–Trinajstić information content (AvgIpc) is 2.75. The first-order valence-corrected chi connectivity index (χ1v) is 10.8. The Bertz CT molecular complexity index is 806. The third kappa shape index (κ3) is 9.60. The Hall–Kier alpha value is -2.80. The van der Waals surface area contributed by atoms with Gasteiger partial charge < -0.3 is 40.5 Å². The van der Waals surface area contributed by atoms with Gasteiger partial charge in [0.15, 0.2) is 6.29 Å². The van der Waals surface area contributed by atoms with Crippen molar-refractivity contribution in [1.29, 1.82) is 0 Å². The fraction of sp³-hybridized carbons (Fsp3) is 0.545. The zero-order valence-electron chi connectivity index (χ0n) is 19.5. The van der Waals surface area contributed by atoms with Crippen LogP contribution in [-0.4, -0.2) is 77.4 Å². The van der Waals surface area contributed by atoms with E-state index in [1.54, 1.807) is 12.1 Å². The molecule has 0 saturated carbocycles. The Labute approximate surface area is 198 Å². The molecule has 0 heterocycles. The maximum atomic E-state index is 12.8. The smallest absolute Gasteiger partial charge is 0.481 e. The third-order valence-corrected chi connectivity index (χ3v) is 5.07. The Morgan fingerprint density at radius 3 is 2.15 bits per heavy atom. The van der Waals surface area contributed by atoms with Crippen molar-refractivity contribution < 1.29 is 43.8 Å². The van der Waals surface area contributed by atoms with E-state index in [0.717, 1.165) is 5.56 Å². The minimum absolute atomic E-state index is 0.0220. The summed E-state index contributed by atoms with van der Waals surface area (Å²) in [6.07, 6.45) is -2.83. The van der Waals surface area contributed by atoms with Crippen LogP contribution in [0.5, 0.6) is 0 Å². The van der Waals surface area contributed by atoms with Gasteiger partial charge in [-0.05, 0) is 24.3 Å². The summed E-state index contributed by atoms with van der Waals surface area (Å²) in [5, 5.41) is 31.4. The lowest BCUT2D eigenvalue weighted by molar-refractivity contribution is -0.152. The highest BCUT2D eigenvalue weighted by Crippen LogP contribution is 2.23. The van der Waals surface area contributed by atoms with Crippen LogP contribution in [0.1, 0.15) is 38.7 Å². The van der Waals surface area contributed by atoms with E-state index in [9.17, 15) is 34.5 Å². The van der Waals surface area contributed by atoms with Crippen molar-refractivity contribution >= 4 is 31.3 Å². The SMILES string of the molecule is COB(OC(C=O)(CC(=O)O)CC(=O)O)[C@H](CC(C)C)NC(=O)[C@@H](O)[C@H](N)Cc1ccccc1. The fourth-order valence-electron chi connectivity index (χ4n) is 3.50. The van der Waals surface area contributed by atoms with E-state index < -0.39 is 61.5 Å². The molecule has 0 bridgehead atoms. The van der Waals surface area contributed by atoms with Gasteiger partial charge in [-0.15, -0.1) is 0 Å². The molecule has 0 spiro atoms. The van der Waals surface area contributed by atoms with Crippen molar-refractivity contribution in [2.24, 2.45) is 11.7 Å². The van der Waals surface area contributed by atoms with Crippen LogP contribution in [0.15, 0.2) is 30.3 Å². The number of aliphatic carboxylic acids is 2. The highest BCUT2D eigenvalue weighted by molar-refractivity contribution is 6.47. The summed E-state index contributed by atoms with van der Waals surface area (Å²) in [5.74, 6) is -4.68. The second kappa shape index (κ2) is 13.8. The lowest BCUT2D eigenvalue weighted by Gasteiger charge is -2.33. The molecule has 0 aromatic heterocycles. The van der Waals surface area contributed by atoms with Crippen LogP contribution in [-0.2, 0) is 34.9 Å². The van der Waals surface area contributed by atoms with Gasteiger partial charge in [0.25, 0.3) is 0 Å². The highest BCUT2D eigenvalue weighted by Gasteiger charge is 2.44.